The van der Waals surface area contributed by atoms with E-state index in [1.54, 1.807) is 6.33 Å². The van der Waals surface area contributed by atoms with Gasteiger partial charge in [-0.25, -0.2) is 9.97 Å². The summed E-state index contributed by atoms with van der Waals surface area (Å²) in [6.45, 7) is 9.06. The Kier molecular flexibility index (Phi) is 6.43. The maximum atomic E-state index is 5.55. The maximum absolute atomic E-state index is 5.55. The van der Waals surface area contributed by atoms with Crippen molar-refractivity contribution < 1.29 is 4.74 Å². The second kappa shape index (κ2) is 7.87. The Bertz CT molecular complexity index is 344. The quantitative estimate of drug-likeness (QED) is 0.714. The highest BCUT2D eigenvalue weighted by atomic mass is 16.5. The molecule has 1 rings (SSSR count). The Morgan fingerprint density at radius 1 is 1.33 bits per heavy atom. The number of nitrogens with zero attached hydrogens (tertiary/aromatic N) is 3. The molecular formula is C13H24N4O. The first kappa shape index (κ1) is 14.7. The summed E-state index contributed by atoms with van der Waals surface area (Å²) in [6, 6.07) is 1.87. The lowest BCUT2D eigenvalue weighted by Gasteiger charge is -2.19. The molecule has 1 aromatic heterocycles. The average Bonchev–Trinajstić information content (AvgIpc) is 2.34. The molecule has 0 unspecified atom stereocenters. The molecule has 0 bridgehead atoms. The van der Waals surface area contributed by atoms with E-state index in [2.05, 4.69) is 27.1 Å². The molecule has 1 heterocycles. The van der Waals surface area contributed by atoms with Crippen molar-refractivity contribution >= 4 is 5.82 Å². The van der Waals surface area contributed by atoms with E-state index in [1.165, 1.54) is 0 Å². The van der Waals surface area contributed by atoms with Crippen molar-refractivity contribution in [2.75, 3.05) is 31.6 Å². The van der Waals surface area contributed by atoms with Gasteiger partial charge in [0.2, 0.25) is 5.88 Å². The third-order valence-electron chi connectivity index (χ3n) is 2.43. The minimum atomic E-state index is 0.129. The Morgan fingerprint density at radius 3 is 2.78 bits per heavy atom. The number of likely N-dealkylation sites (N-methyl/N-ethyl adjacent to an activating group) is 1. The summed E-state index contributed by atoms with van der Waals surface area (Å²) in [7, 11) is 2.02. The third kappa shape index (κ3) is 5.31. The van der Waals surface area contributed by atoms with E-state index in [0.717, 1.165) is 31.9 Å². The Balaban J connectivity index is 2.48. The van der Waals surface area contributed by atoms with E-state index >= 15 is 0 Å². The van der Waals surface area contributed by atoms with Crippen LogP contribution < -0.4 is 15.0 Å². The third-order valence-corrected chi connectivity index (χ3v) is 2.43. The SMILES string of the molecule is CCCNCCN(C)c1cc(OC(C)C)ncn1. The summed E-state index contributed by atoms with van der Waals surface area (Å²) in [4.78, 5) is 10.4. The molecule has 18 heavy (non-hydrogen) atoms. The van der Waals surface area contributed by atoms with Gasteiger partial charge >= 0.3 is 0 Å². The fraction of sp³-hybridized carbons (Fsp3) is 0.692. The van der Waals surface area contributed by atoms with Gasteiger partial charge in [0.1, 0.15) is 12.1 Å². The summed E-state index contributed by atoms with van der Waals surface area (Å²) in [5, 5.41) is 3.37. The van der Waals surface area contributed by atoms with Crippen molar-refractivity contribution in [3.63, 3.8) is 0 Å². The average molecular weight is 252 g/mol. The van der Waals surface area contributed by atoms with Gasteiger partial charge in [0.25, 0.3) is 0 Å². The van der Waals surface area contributed by atoms with E-state index in [4.69, 9.17) is 4.74 Å². The molecule has 0 amide bonds. The highest BCUT2D eigenvalue weighted by Crippen LogP contribution is 2.15. The minimum Gasteiger partial charge on any atom is -0.475 e. The molecule has 1 N–H and O–H groups in total. The number of nitrogens with one attached hydrogen (secondary N) is 1. The Morgan fingerprint density at radius 2 is 2.11 bits per heavy atom. The summed E-state index contributed by atoms with van der Waals surface area (Å²) in [5.74, 6) is 1.52. The van der Waals surface area contributed by atoms with Crippen molar-refractivity contribution in [3.8, 4) is 5.88 Å². The first-order chi connectivity index (χ1) is 8.63. The molecule has 0 spiro atoms. The number of ether oxygens (including phenoxy) is 1. The van der Waals surface area contributed by atoms with E-state index in [1.807, 2.05) is 27.0 Å². The number of hydrogen-bond acceptors (Lipinski definition) is 5. The molecule has 0 aromatic carbocycles. The lowest BCUT2D eigenvalue weighted by molar-refractivity contribution is 0.232. The van der Waals surface area contributed by atoms with Crippen LogP contribution in [0, 0.1) is 0 Å². The first-order valence-corrected chi connectivity index (χ1v) is 6.54. The zero-order valence-corrected chi connectivity index (χ0v) is 11.8. The smallest absolute Gasteiger partial charge is 0.218 e. The molecule has 0 aliphatic rings. The normalized spacial score (nSPS) is 10.7. The lowest BCUT2D eigenvalue weighted by Crippen LogP contribution is -2.30. The van der Waals surface area contributed by atoms with Crippen molar-refractivity contribution in [2.24, 2.45) is 0 Å². The second-order valence-electron chi connectivity index (χ2n) is 4.55. The van der Waals surface area contributed by atoms with Gasteiger partial charge in [-0.05, 0) is 26.8 Å². The molecule has 0 atom stereocenters. The fourth-order valence-corrected chi connectivity index (χ4v) is 1.51. The Hall–Kier alpha value is -1.36. The van der Waals surface area contributed by atoms with Gasteiger partial charge in [-0.2, -0.15) is 0 Å². The van der Waals surface area contributed by atoms with Crippen LogP contribution in [-0.2, 0) is 0 Å². The molecule has 0 saturated carbocycles. The van der Waals surface area contributed by atoms with Gasteiger partial charge < -0.3 is 15.0 Å². The summed E-state index contributed by atoms with van der Waals surface area (Å²) in [6.07, 6.45) is 2.83. The highest BCUT2D eigenvalue weighted by Gasteiger charge is 2.05. The zero-order valence-electron chi connectivity index (χ0n) is 11.8. The summed E-state index contributed by atoms with van der Waals surface area (Å²) in [5.41, 5.74) is 0. The van der Waals surface area contributed by atoms with E-state index in [-0.39, 0.29) is 6.10 Å². The van der Waals surface area contributed by atoms with Gasteiger partial charge in [0.05, 0.1) is 6.10 Å². The molecule has 0 radical (unpaired) electrons. The molecule has 1 aromatic rings. The van der Waals surface area contributed by atoms with Crippen LogP contribution in [0.1, 0.15) is 27.2 Å². The minimum absolute atomic E-state index is 0.129. The van der Waals surface area contributed by atoms with Crippen molar-refractivity contribution in [3.05, 3.63) is 12.4 Å². The van der Waals surface area contributed by atoms with Gasteiger partial charge in [0, 0.05) is 26.2 Å². The van der Waals surface area contributed by atoms with Crippen LogP contribution >= 0.6 is 0 Å². The number of rotatable bonds is 8. The molecule has 5 nitrogen and oxygen atoms in total. The topological polar surface area (TPSA) is 50.3 Å². The molecule has 5 heteroatoms. The molecule has 0 aliphatic carbocycles. The van der Waals surface area contributed by atoms with Crippen LogP contribution in [0.5, 0.6) is 5.88 Å². The number of anilines is 1. The Labute approximate surface area is 110 Å². The standard InChI is InChI=1S/C13H24N4O/c1-5-6-14-7-8-17(4)12-9-13(16-10-15-12)18-11(2)3/h9-11,14H,5-8H2,1-4H3. The van der Waals surface area contributed by atoms with Crippen LogP contribution in [0.25, 0.3) is 0 Å². The molecule has 0 saturated heterocycles. The number of hydrogen-bond donors (Lipinski definition) is 1. The summed E-state index contributed by atoms with van der Waals surface area (Å²) >= 11 is 0. The van der Waals surface area contributed by atoms with Gasteiger partial charge in [-0.1, -0.05) is 6.92 Å². The summed E-state index contributed by atoms with van der Waals surface area (Å²) < 4.78 is 5.55. The molecule has 102 valence electrons. The van der Waals surface area contributed by atoms with Crippen LogP contribution in [0.2, 0.25) is 0 Å². The maximum Gasteiger partial charge on any atom is 0.218 e. The van der Waals surface area contributed by atoms with E-state index in [9.17, 15) is 0 Å². The van der Waals surface area contributed by atoms with Crippen LogP contribution in [0.4, 0.5) is 5.82 Å². The van der Waals surface area contributed by atoms with Crippen LogP contribution in [0.15, 0.2) is 12.4 Å². The number of aromatic nitrogens is 2. The van der Waals surface area contributed by atoms with Crippen LogP contribution in [0.3, 0.4) is 0 Å². The predicted octanol–water partition coefficient (Wildman–Crippen LogP) is 1.70. The van der Waals surface area contributed by atoms with Crippen LogP contribution in [-0.4, -0.2) is 42.8 Å². The molecular weight excluding hydrogens is 228 g/mol. The van der Waals surface area contributed by atoms with Gasteiger partial charge in [0.15, 0.2) is 0 Å². The van der Waals surface area contributed by atoms with Crippen molar-refractivity contribution in [2.45, 2.75) is 33.3 Å². The zero-order chi connectivity index (χ0) is 13.4. The largest absolute Gasteiger partial charge is 0.475 e. The first-order valence-electron chi connectivity index (χ1n) is 6.54. The van der Waals surface area contributed by atoms with Crippen molar-refractivity contribution in [1.82, 2.24) is 15.3 Å². The van der Waals surface area contributed by atoms with E-state index in [0.29, 0.717) is 5.88 Å². The lowest BCUT2D eigenvalue weighted by atomic mass is 10.4. The monoisotopic (exact) mass is 252 g/mol. The van der Waals surface area contributed by atoms with Gasteiger partial charge in [-0.15, -0.1) is 0 Å². The van der Waals surface area contributed by atoms with E-state index < -0.39 is 0 Å². The molecule has 0 aliphatic heterocycles. The fourth-order valence-electron chi connectivity index (χ4n) is 1.51. The van der Waals surface area contributed by atoms with Gasteiger partial charge in [-0.3, -0.25) is 0 Å². The van der Waals surface area contributed by atoms with Crippen molar-refractivity contribution in [1.29, 1.82) is 0 Å². The predicted molar refractivity (Wildman–Crippen MR) is 74.2 cm³/mol. The highest BCUT2D eigenvalue weighted by molar-refractivity contribution is 5.39. The second-order valence-corrected chi connectivity index (χ2v) is 4.55. The molecule has 0 fully saturated rings.